The van der Waals surface area contributed by atoms with Crippen molar-refractivity contribution in [1.29, 1.82) is 0 Å². The Labute approximate surface area is 138 Å². The molecule has 1 aromatic rings. The highest BCUT2D eigenvalue weighted by atomic mass is 32.2. The Bertz CT molecular complexity index is 666. The lowest BCUT2D eigenvalue weighted by atomic mass is 10.0. The van der Waals surface area contributed by atoms with Crippen LogP contribution in [-0.4, -0.2) is 48.1 Å². The van der Waals surface area contributed by atoms with Gasteiger partial charge in [0.1, 0.15) is 0 Å². The molecular weight excluding hydrogens is 316 g/mol. The van der Waals surface area contributed by atoms with E-state index in [-0.39, 0.29) is 22.9 Å². The first kappa shape index (κ1) is 17.9. The minimum absolute atomic E-state index is 0.0725. The molecule has 1 unspecified atom stereocenters. The quantitative estimate of drug-likeness (QED) is 0.869. The maximum Gasteiger partial charge on any atom is 0.258 e. The van der Waals surface area contributed by atoms with Gasteiger partial charge >= 0.3 is 0 Å². The van der Waals surface area contributed by atoms with E-state index >= 15 is 0 Å². The molecule has 0 radical (unpaired) electrons. The van der Waals surface area contributed by atoms with Crippen LogP contribution in [0.5, 0.6) is 0 Å². The van der Waals surface area contributed by atoms with Crippen molar-refractivity contribution < 1.29 is 13.2 Å². The molecule has 0 aromatic carbocycles. The Morgan fingerprint density at radius 1 is 1.48 bits per heavy atom. The lowest BCUT2D eigenvalue weighted by Crippen LogP contribution is -2.50. The molecule has 1 atom stereocenters. The molecule has 0 spiro atoms. The van der Waals surface area contributed by atoms with Crippen molar-refractivity contribution in [3.8, 4) is 0 Å². The van der Waals surface area contributed by atoms with Crippen LogP contribution >= 0.6 is 0 Å². The van der Waals surface area contributed by atoms with Gasteiger partial charge in [-0.2, -0.15) is 5.10 Å². The van der Waals surface area contributed by atoms with Gasteiger partial charge in [0.05, 0.1) is 5.69 Å². The molecule has 0 saturated carbocycles. The maximum absolute atomic E-state index is 12.6. The summed E-state index contributed by atoms with van der Waals surface area (Å²) in [5.41, 5.74) is 0.674. The minimum atomic E-state index is -3.64. The molecular formula is C15H26N4O3S. The Morgan fingerprint density at radius 3 is 2.78 bits per heavy atom. The number of carbonyl (C=O) groups excluding carboxylic acids is 1. The number of nitrogens with one attached hydrogen (secondary N) is 1. The first-order valence-corrected chi connectivity index (χ1v) is 9.58. The summed E-state index contributed by atoms with van der Waals surface area (Å²) in [5, 5.41) is 4.37. The van der Waals surface area contributed by atoms with E-state index in [1.54, 1.807) is 17.9 Å². The summed E-state index contributed by atoms with van der Waals surface area (Å²) >= 11 is 0. The molecule has 130 valence electrons. The van der Waals surface area contributed by atoms with Crippen LogP contribution in [0.15, 0.2) is 11.1 Å². The van der Waals surface area contributed by atoms with Gasteiger partial charge in [-0.15, -0.1) is 0 Å². The zero-order valence-corrected chi connectivity index (χ0v) is 15.1. The van der Waals surface area contributed by atoms with Crippen LogP contribution < -0.4 is 4.72 Å². The van der Waals surface area contributed by atoms with E-state index in [0.29, 0.717) is 25.3 Å². The number of hydrogen-bond acceptors (Lipinski definition) is 4. The monoisotopic (exact) mass is 342 g/mol. The van der Waals surface area contributed by atoms with Crippen LogP contribution in [0.4, 0.5) is 0 Å². The zero-order valence-electron chi connectivity index (χ0n) is 14.2. The van der Waals surface area contributed by atoms with Gasteiger partial charge in [-0.05, 0) is 32.8 Å². The van der Waals surface area contributed by atoms with Gasteiger partial charge < -0.3 is 4.90 Å². The van der Waals surface area contributed by atoms with Gasteiger partial charge in [-0.25, -0.2) is 13.1 Å². The first-order valence-electron chi connectivity index (χ1n) is 8.10. The van der Waals surface area contributed by atoms with Crippen LogP contribution in [0.1, 0.15) is 39.3 Å². The third-order valence-corrected chi connectivity index (χ3v) is 5.51. The van der Waals surface area contributed by atoms with Gasteiger partial charge in [-0.3, -0.25) is 9.48 Å². The zero-order chi connectivity index (χ0) is 17.2. The van der Waals surface area contributed by atoms with Gasteiger partial charge in [0.15, 0.2) is 5.03 Å². The molecule has 1 N–H and O–H groups in total. The van der Waals surface area contributed by atoms with Gasteiger partial charge in [0, 0.05) is 31.6 Å². The van der Waals surface area contributed by atoms with E-state index in [0.717, 1.165) is 12.8 Å². The second-order valence-corrected chi connectivity index (χ2v) is 8.00. The van der Waals surface area contributed by atoms with E-state index in [4.69, 9.17) is 0 Å². The van der Waals surface area contributed by atoms with Crippen LogP contribution in [0.3, 0.4) is 0 Å². The maximum atomic E-state index is 12.6. The number of amides is 1. The lowest BCUT2D eigenvalue weighted by Gasteiger charge is -2.34. The number of piperidine rings is 1. The molecule has 8 heteroatoms. The average molecular weight is 342 g/mol. The minimum Gasteiger partial charge on any atom is -0.341 e. The molecule has 0 aliphatic carbocycles. The number of carbonyl (C=O) groups is 1. The molecule has 2 rings (SSSR count). The topological polar surface area (TPSA) is 84.3 Å². The second-order valence-electron chi connectivity index (χ2n) is 6.34. The Balaban J connectivity index is 2.12. The van der Waals surface area contributed by atoms with Gasteiger partial charge in [0.2, 0.25) is 5.91 Å². The number of hydrogen-bond donors (Lipinski definition) is 1. The molecule has 1 amide bonds. The van der Waals surface area contributed by atoms with E-state index in [1.165, 1.54) is 4.68 Å². The summed E-state index contributed by atoms with van der Waals surface area (Å²) in [7, 11) is -3.64. The molecule has 23 heavy (non-hydrogen) atoms. The molecule has 7 nitrogen and oxygen atoms in total. The number of likely N-dealkylation sites (tertiary alicyclic amines) is 1. The predicted octanol–water partition coefficient (Wildman–Crippen LogP) is 1.14. The third kappa shape index (κ3) is 4.11. The highest BCUT2D eigenvalue weighted by molar-refractivity contribution is 7.89. The second kappa shape index (κ2) is 7.00. The van der Waals surface area contributed by atoms with Crippen LogP contribution in [-0.2, 0) is 21.4 Å². The molecule has 1 aromatic heterocycles. The van der Waals surface area contributed by atoms with E-state index in [9.17, 15) is 13.2 Å². The SMILES string of the molecule is CCn1nc(C)cc1S(=O)(=O)NC1CCCN(C(=O)C(C)C)C1. The molecule has 1 aliphatic heterocycles. The molecule has 1 aliphatic rings. The normalized spacial score (nSPS) is 19.3. The van der Waals surface area contributed by atoms with Crippen LogP contribution in [0, 0.1) is 12.8 Å². The van der Waals surface area contributed by atoms with Gasteiger partial charge in [0.25, 0.3) is 10.0 Å². The summed E-state index contributed by atoms with van der Waals surface area (Å²) in [4.78, 5) is 13.9. The van der Waals surface area contributed by atoms with E-state index < -0.39 is 10.0 Å². The van der Waals surface area contributed by atoms with Gasteiger partial charge in [-0.1, -0.05) is 13.8 Å². The van der Waals surface area contributed by atoms with Crippen molar-refractivity contribution in [3.05, 3.63) is 11.8 Å². The number of nitrogens with zero attached hydrogens (tertiary/aromatic N) is 3. The Hall–Kier alpha value is -1.41. The van der Waals surface area contributed by atoms with E-state index in [2.05, 4.69) is 9.82 Å². The van der Waals surface area contributed by atoms with Crippen molar-refractivity contribution in [2.75, 3.05) is 13.1 Å². The predicted molar refractivity (Wildman–Crippen MR) is 87.4 cm³/mol. The van der Waals surface area contributed by atoms with Crippen LogP contribution in [0.2, 0.25) is 0 Å². The smallest absolute Gasteiger partial charge is 0.258 e. The standard InChI is InChI=1S/C15H26N4O3S/c1-5-19-14(9-12(4)16-19)23(21,22)17-13-7-6-8-18(10-13)15(20)11(2)3/h9,11,13,17H,5-8,10H2,1-4H3. The summed E-state index contributed by atoms with van der Waals surface area (Å²) < 4.78 is 29.5. The third-order valence-electron chi connectivity index (χ3n) is 3.99. The summed E-state index contributed by atoms with van der Waals surface area (Å²) in [6.07, 6.45) is 1.54. The average Bonchev–Trinajstić information content (AvgIpc) is 2.88. The fourth-order valence-electron chi connectivity index (χ4n) is 2.88. The summed E-state index contributed by atoms with van der Waals surface area (Å²) in [6, 6.07) is 1.32. The number of aryl methyl sites for hydroxylation is 2. The van der Waals surface area contributed by atoms with Crippen molar-refractivity contribution in [1.82, 2.24) is 19.4 Å². The van der Waals surface area contributed by atoms with Crippen molar-refractivity contribution in [3.63, 3.8) is 0 Å². The summed E-state index contributed by atoms with van der Waals surface area (Å²) in [5.74, 6) is -0.00197. The fourth-order valence-corrected chi connectivity index (χ4v) is 4.41. The molecule has 2 heterocycles. The molecule has 1 saturated heterocycles. The van der Waals surface area contributed by atoms with Crippen LogP contribution in [0.25, 0.3) is 0 Å². The van der Waals surface area contributed by atoms with Crippen molar-refractivity contribution in [2.45, 2.75) is 58.1 Å². The van der Waals surface area contributed by atoms with E-state index in [1.807, 2.05) is 20.8 Å². The highest BCUT2D eigenvalue weighted by Gasteiger charge is 2.30. The Kier molecular flexibility index (Phi) is 5.46. The highest BCUT2D eigenvalue weighted by Crippen LogP contribution is 2.17. The largest absolute Gasteiger partial charge is 0.341 e. The molecule has 0 bridgehead atoms. The Morgan fingerprint density at radius 2 is 2.17 bits per heavy atom. The lowest BCUT2D eigenvalue weighted by molar-refractivity contribution is -0.135. The molecule has 1 fully saturated rings. The summed E-state index contributed by atoms with van der Waals surface area (Å²) in [6.45, 7) is 8.96. The number of sulfonamides is 1. The fraction of sp³-hybridized carbons (Fsp3) is 0.733. The number of rotatable bonds is 5. The first-order chi connectivity index (χ1) is 10.7. The number of aromatic nitrogens is 2. The van der Waals surface area contributed by atoms with Crippen molar-refractivity contribution >= 4 is 15.9 Å². The van der Waals surface area contributed by atoms with Crippen molar-refractivity contribution in [2.24, 2.45) is 5.92 Å².